The van der Waals surface area contributed by atoms with E-state index in [1.165, 1.54) is 12.1 Å². The van der Waals surface area contributed by atoms with Crippen LogP contribution in [-0.2, 0) is 4.79 Å². The number of nitrogens with one attached hydrogen (secondary N) is 1. The van der Waals surface area contributed by atoms with Gasteiger partial charge in [-0.2, -0.15) is 0 Å². The Morgan fingerprint density at radius 1 is 1.00 bits per heavy atom. The molecule has 1 fully saturated rings. The van der Waals surface area contributed by atoms with Gasteiger partial charge in [0.15, 0.2) is 0 Å². The molecule has 27 heavy (non-hydrogen) atoms. The van der Waals surface area contributed by atoms with E-state index in [2.05, 4.69) is 15.1 Å². The molecular formula is C20H23FN4O2. The highest BCUT2D eigenvalue weighted by Crippen LogP contribution is 2.18. The SMILES string of the molecule is C[C@H](C(=O)Nc1ccc(C(N)=O)cc1)N1CCN(c2ccc(F)cc2)CC1. The highest BCUT2D eigenvalue weighted by molar-refractivity contribution is 5.96. The first-order chi connectivity index (χ1) is 12.9. The number of nitrogens with zero attached hydrogens (tertiary/aromatic N) is 2. The van der Waals surface area contributed by atoms with Crippen LogP contribution in [0, 0.1) is 5.82 Å². The van der Waals surface area contributed by atoms with Crippen molar-refractivity contribution >= 4 is 23.2 Å². The molecule has 1 aliphatic rings. The van der Waals surface area contributed by atoms with Crippen LogP contribution in [0.4, 0.5) is 15.8 Å². The van der Waals surface area contributed by atoms with Gasteiger partial charge in [-0.25, -0.2) is 4.39 Å². The zero-order valence-electron chi connectivity index (χ0n) is 15.2. The molecular weight excluding hydrogens is 347 g/mol. The third kappa shape index (κ3) is 4.62. The molecule has 1 aliphatic heterocycles. The Morgan fingerprint density at radius 2 is 1.59 bits per heavy atom. The minimum atomic E-state index is -0.500. The lowest BCUT2D eigenvalue weighted by atomic mass is 10.1. The fraction of sp³-hybridized carbons (Fsp3) is 0.300. The number of amides is 2. The van der Waals surface area contributed by atoms with Gasteiger partial charge >= 0.3 is 0 Å². The number of piperazine rings is 1. The molecule has 0 radical (unpaired) electrons. The molecule has 3 N–H and O–H groups in total. The Morgan fingerprint density at radius 3 is 2.15 bits per heavy atom. The Kier molecular flexibility index (Phi) is 5.71. The first-order valence-corrected chi connectivity index (χ1v) is 8.89. The first-order valence-electron chi connectivity index (χ1n) is 8.89. The minimum absolute atomic E-state index is 0.0999. The average molecular weight is 370 g/mol. The van der Waals surface area contributed by atoms with E-state index in [4.69, 9.17) is 5.73 Å². The summed E-state index contributed by atoms with van der Waals surface area (Å²) in [5.74, 6) is -0.844. The number of halogens is 1. The van der Waals surface area contributed by atoms with Crippen LogP contribution in [0.3, 0.4) is 0 Å². The second kappa shape index (κ2) is 8.18. The molecule has 1 heterocycles. The number of carbonyl (C=O) groups excluding carboxylic acids is 2. The highest BCUT2D eigenvalue weighted by Gasteiger charge is 2.25. The summed E-state index contributed by atoms with van der Waals surface area (Å²) >= 11 is 0. The van der Waals surface area contributed by atoms with Crippen molar-refractivity contribution in [1.29, 1.82) is 0 Å². The van der Waals surface area contributed by atoms with Gasteiger partial charge in [0.05, 0.1) is 6.04 Å². The van der Waals surface area contributed by atoms with Gasteiger partial charge in [-0.3, -0.25) is 14.5 Å². The minimum Gasteiger partial charge on any atom is -0.369 e. The summed E-state index contributed by atoms with van der Waals surface area (Å²) in [6.45, 7) is 4.91. The van der Waals surface area contributed by atoms with Crippen molar-refractivity contribution in [2.24, 2.45) is 5.73 Å². The summed E-state index contributed by atoms with van der Waals surface area (Å²) < 4.78 is 13.1. The molecule has 0 aromatic heterocycles. The molecule has 7 heteroatoms. The van der Waals surface area contributed by atoms with E-state index in [1.54, 1.807) is 36.4 Å². The second-order valence-electron chi connectivity index (χ2n) is 6.61. The van der Waals surface area contributed by atoms with Gasteiger partial charge in [0.2, 0.25) is 11.8 Å². The van der Waals surface area contributed by atoms with Crippen LogP contribution in [0.1, 0.15) is 17.3 Å². The number of hydrogen-bond donors (Lipinski definition) is 2. The van der Waals surface area contributed by atoms with Crippen molar-refractivity contribution in [2.45, 2.75) is 13.0 Å². The summed E-state index contributed by atoms with van der Waals surface area (Å²) in [4.78, 5) is 27.9. The number of rotatable bonds is 5. The summed E-state index contributed by atoms with van der Waals surface area (Å²) in [5, 5.41) is 2.87. The fourth-order valence-electron chi connectivity index (χ4n) is 3.15. The summed E-state index contributed by atoms with van der Waals surface area (Å²) in [6, 6.07) is 12.7. The van der Waals surface area contributed by atoms with Crippen LogP contribution in [0.5, 0.6) is 0 Å². The molecule has 6 nitrogen and oxygen atoms in total. The van der Waals surface area contributed by atoms with E-state index in [-0.39, 0.29) is 17.8 Å². The van der Waals surface area contributed by atoms with Gasteiger partial charge in [-0.15, -0.1) is 0 Å². The predicted octanol–water partition coefficient (Wildman–Crippen LogP) is 2.07. The monoisotopic (exact) mass is 370 g/mol. The average Bonchev–Trinajstić information content (AvgIpc) is 2.68. The molecule has 1 atom stereocenters. The highest BCUT2D eigenvalue weighted by atomic mass is 19.1. The molecule has 3 rings (SSSR count). The van der Waals surface area contributed by atoms with Crippen LogP contribution in [-0.4, -0.2) is 48.9 Å². The number of anilines is 2. The van der Waals surface area contributed by atoms with Crippen molar-refractivity contribution in [3.8, 4) is 0 Å². The maximum atomic E-state index is 13.1. The first kappa shape index (κ1) is 18.8. The third-order valence-corrected chi connectivity index (χ3v) is 4.87. The molecule has 0 bridgehead atoms. The Hall–Kier alpha value is -2.93. The lowest BCUT2D eigenvalue weighted by Gasteiger charge is -2.38. The smallest absolute Gasteiger partial charge is 0.248 e. The molecule has 0 unspecified atom stereocenters. The number of primary amides is 1. The second-order valence-corrected chi connectivity index (χ2v) is 6.61. The van der Waals surface area contributed by atoms with E-state index in [1.807, 2.05) is 6.92 Å². The molecule has 0 spiro atoms. The van der Waals surface area contributed by atoms with Crippen molar-refractivity contribution in [3.63, 3.8) is 0 Å². The summed E-state index contributed by atoms with van der Waals surface area (Å²) in [6.07, 6.45) is 0. The van der Waals surface area contributed by atoms with Gasteiger partial charge in [0.1, 0.15) is 5.82 Å². The van der Waals surface area contributed by atoms with E-state index in [0.717, 1.165) is 31.9 Å². The summed E-state index contributed by atoms with van der Waals surface area (Å²) in [7, 11) is 0. The van der Waals surface area contributed by atoms with Crippen molar-refractivity contribution in [2.75, 3.05) is 36.4 Å². The third-order valence-electron chi connectivity index (χ3n) is 4.87. The van der Waals surface area contributed by atoms with Crippen molar-refractivity contribution in [1.82, 2.24) is 4.90 Å². The normalized spacial score (nSPS) is 16.0. The van der Waals surface area contributed by atoms with Crippen molar-refractivity contribution in [3.05, 3.63) is 59.9 Å². The van der Waals surface area contributed by atoms with Crippen LogP contribution in [0.2, 0.25) is 0 Å². The van der Waals surface area contributed by atoms with E-state index in [9.17, 15) is 14.0 Å². The molecule has 142 valence electrons. The number of carbonyl (C=O) groups is 2. The van der Waals surface area contributed by atoms with Gasteiger partial charge in [0, 0.05) is 43.1 Å². The van der Waals surface area contributed by atoms with Crippen LogP contribution < -0.4 is 16.0 Å². The zero-order chi connectivity index (χ0) is 19.4. The van der Waals surface area contributed by atoms with Crippen LogP contribution in [0.15, 0.2) is 48.5 Å². The van der Waals surface area contributed by atoms with Gasteiger partial charge in [-0.05, 0) is 55.5 Å². The van der Waals surface area contributed by atoms with Gasteiger partial charge in [0.25, 0.3) is 0 Å². The van der Waals surface area contributed by atoms with E-state index >= 15 is 0 Å². The Bertz CT molecular complexity index is 800. The largest absolute Gasteiger partial charge is 0.369 e. The number of hydrogen-bond acceptors (Lipinski definition) is 4. The summed E-state index contributed by atoms with van der Waals surface area (Å²) in [5.41, 5.74) is 7.23. The molecule has 2 aromatic rings. The molecule has 0 saturated carbocycles. The predicted molar refractivity (Wildman–Crippen MR) is 103 cm³/mol. The number of benzene rings is 2. The topological polar surface area (TPSA) is 78.7 Å². The fourth-order valence-corrected chi connectivity index (χ4v) is 3.15. The quantitative estimate of drug-likeness (QED) is 0.845. The maximum Gasteiger partial charge on any atom is 0.248 e. The molecule has 2 aromatic carbocycles. The van der Waals surface area contributed by atoms with Gasteiger partial charge in [-0.1, -0.05) is 0 Å². The van der Waals surface area contributed by atoms with Gasteiger partial charge < -0.3 is 16.0 Å². The lowest BCUT2D eigenvalue weighted by molar-refractivity contribution is -0.120. The Balaban J connectivity index is 1.53. The molecule has 1 saturated heterocycles. The van der Waals surface area contributed by atoms with Crippen molar-refractivity contribution < 1.29 is 14.0 Å². The van der Waals surface area contributed by atoms with Crippen LogP contribution >= 0.6 is 0 Å². The maximum absolute atomic E-state index is 13.1. The Labute approximate surface area is 157 Å². The van der Waals surface area contributed by atoms with E-state index in [0.29, 0.717) is 11.3 Å². The van der Waals surface area contributed by atoms with E-state index < -0.39 is 5.91 Å². The number of nitrogens with two attached hydrogens (primary N) is 1. The lowest BCUT2D eigenvalue weighted by Crippen LogP contribution is -2.52. The standard InChI is InChI=1S/C20H23FN4O2/c1-14(20(27)23-17-6-2-15(3-7-17)19(22)26)24-10-12-25(13-11-24)18-8-4-16(21)5-9-18/h2-9,14H,10-13H2,1H3,(H2,22,26)(H,23,27)/t14-/m1/s1. The van der Waals surface area contributed by atoms with Crippen LogP contribution in [0.25, 0.3) is 0 Å². The zero-order valence-corrected chi connectivity index (χ0v) is 15.2. The molecule has 2 amide bonds. The molecule has 0 aliphatic carbocycles.